The first-order valence-electron chi connectivity index (χ1n) is 7.72. The molecule has 1 heterocycles. The average Bonchev–Trinajstić information content (AvgIpc) is 2.94. The zero-order valence-electron chi connectivity index (χ0n) is 13.9. The van der Waals surface area contributed by atoms with Gasteiger partial charge in [-0.05, 0) is 39.0 Å². The van der Waals surface area contributed by atoms with E-state index in [1.54, 1.807) is 31.2 Å². The fourth-order valence-corrected chi connectivity index (χ4v) is 2.38. The highest BCUT2D eigenvalue weighted by atomic mass is 35.5. The van der Waals surface area contributed by atoms with Crippen LogP contribution < -0.4 is 5.32 Å². The van der Waals surface area contributed by atoms with E-state index in [1.165, 1.54) is 9.70 Å². The van der Waals surface area contributed by atoms with Gasteiger partial charge >= 0.3 is 0 Å². The quantitative estimate of drug-likeness (QED) is 0.862. The van der Waals surface area contributed by atoms with Gasteiger partial charge in [-0.15, -0.1) is 5.10 Å². The van der Waals surface area contributed by atoms with Gasteiger partial charge in [-0.2, -0.15) is 9.90 Å². The number of benzene rings is 1. The number of rotatable bonds is 6. The van der Waals surface area contributed by atoms with Crippen molar-refractivity contribution in [3.63, 3.8) is 0 Å². The molecular formula is C16H20ClN5O2. The Morgan fingerprint density at radius 2 is 2.04 bits per heavy atom. The number of nitrogens with one attached hydrogen (secondary N) is 1. The summed E-state index contributed by atoms with van der Waals surface area (Å²) in [6, 6.07) is 7.04. The van der Waals surface area contributed by atoms with Gasteiger partial charge in [0.25, 0.3) is 5.91 Å². The molecule has 1 aromatic heterocycles. The Hall–Kier alpha value is -2.41. The number of nitrogens with zero attached hydrogens (tertiary/aromatic N) is 4. The van der Waals surface area contributed by atoms with Gasteiger partial charge in [0.2, 0.25) is 5.91 Å². The lowest BCUT2D eigenvalue weighted by Gasteiger charge is -2.19. The smallest absolute Gasteiger partial charge is 0.276 e. The first-order valence-corrected chi connectivity index (χ1v) is 8.09. The van der Waals surface area contributed by atoms with E-state index in [0.717, 1.165) is 0 Å². The third-order valence-corrected chi connectivity index (χ3v) is 3.64. The molecule has 0 saturated heterocycles. The fraction of sp³-hybridized carbons (Fsp3) is 0.375. The van der Waals surface area contributed by atoms with Gasteiger partial charge in [-0.3, -0.25) is 9.59 Å². The molecule has 0 aliphatic heterocycles. The molecule has 7 nitrogen and oxygen atoms in total. The standard InChI is InChI=1S/C16H20ClN5O2/c1-4-18-14(23)10-21(5-2)16(24)15-11(3)19-22(20-15)13-8-6-7-12(17)9-13/h6-9H,4-5,10H2,1-3H3,(H,18,23). The molecule has 2 aromatic rings. The molecule has 0 saturated carbocycles. The molecule has 0 aliphatic carbocycles. The van der Waals surface area contributed by atoms with Crippen LogP contribution in [0.4, 0.5) is 0 Å². The zero-order valence-corrected chi connectivity index (χ0v) is 14.7. The number of hydrogen-bond donors (Lipinski definition) is 1. The molecule has 128 valence electrons. The van der Waals surface area contributed by atoms with E-state index in [-0.39, 0.29) is 24.1 Å². The normalized spacial score (nSPS) is 10.5. The maximum atomic E-state index is 12.7. The molecule has 24 heavy (non-hydrogen) atoms. The Labute approximate surface area is 145 Å². The molecule has 0 spiro atoms. The van der Waals surface area contributed by atoms with Crippen molar-refractivity contribution in [2.45, 2.75) is 20.8 Å². The highest BCUT2D eigenvalue weighted by Gasteiger charge is 2.23. The summed E-state index contributed by atoms with van der Waals surface area (Å²) in [6.07, 6.45) is 0. The molecule has 8 heteroatoms. The van der Waals surface area contributed by atoms with Crippen LogP contribution >= 0.6 is 11.6 Å². The molecular weight excluding hydrogens is 330 g/mol. The molecule has 1 aromatic carbocycles. The number of carbonyl (C=O) groups is 2. The van der Waals surface area contributed by atoms with E-state index in [9.17, 15) is 9.59 Å². The summed E-state index contributed by atoms with van der Waals surface area (Å²) in [5.41, 5.74) is 1.38. The maximum Gasteiger partial charge on any atom is 0.276 e. The third kappa shape index (κ3) is 4.11. The number of likely N-dealkylation sites (N-methyl/N-ethyl adjacent to an activating group) is 2. The summed E-state index contributed by atoms with van der Waals surface area (Å²) in [7, 11) is 0. The van der Waals surface area contributed by atoms with E-state index >= 15 is 0 Å². The van der Waals surface area contributed by atoms with Crippen molar-refractivity contribution in [2.24, 2.45) is 0 Å². The van der Waals surface area contributed by atoms with Crippen molar-refractivity contribution < 1.29 is 9.59 Å². The van der Waals surface area contributed by atoms with E-state index in [2.05, 4.69) is 15.5 Å². The van der Waals surface area contributed by atoms with Crippen molar-refractivity contribution in [2.75, 3.05) is 19.6 Å². The number of amides is 2. The second kappa shape index (κ2) is 7.92. The summed E-state index contributed by atoms with van der Waals surface area (Å²) < 4.78 is 0. The van der Waals surface area contributed by atoms with Gasteiger partial charge in [-0.25, -0.2) is 0 Å². The number of aryl methyl sites for hydroxylation is 1. The average molecular weight is 350 g/mol. The lowest BCUT2D eigenvalue weighted by molar-refractivity contribution is -0.121. The molecule has 0 fully saturated rings. The van der Waals surface area contributed by atoms with E-state index in [4.69, 9.17) is 11.6 Å². The van der Waals surface area contributed by atoms with Gasteiger partial charge in [0.05, 0.1) is 17.9 Å². The predicted octanol–water partition coefficient (Wildman–Crippen LogP) is 1.83. The topological polar surface area (TPSA) is 80.1 Å². The Bertz CT molecular complexity index is 744. The van der Waals surface area contributed by atoms with Gasteiger partial charge in [0, 0.05) is 18.1 Å². The van der Waals surface area contributed by atoms with Crippen LogP contribution in [-0.4, -0.2) is 51.3 Å². The van der Waals surface area contributed by atoms with Gasteiger partial charge < -0.3 is 10.2 Å². The SMILES string of the molecule is CCNC(=O)CN(CC)C(=O)c1nn(-c2cccc(Cl)c2)nc1C. The minimum atomic E-state index is -0.325. The Morgan fingerprint density at radius 3 is 2.67 bits per heavy atom. The largest absolute Gasteiger partial charge is 0.355 e. The van der Waals surface area contributed by atoms with Crippen LogP contribution in [0.1, 0.15) is 30.0 Å². The van der Waals surface area contributed by atoms with E-state index < -0.39 is 0 Å². The van der Waals surface area contributed by atoms with Crippen molar-refractivity contribution in [1.29, 1.82) is 0 Å². The summed E-state index contributed by atoms with van der Waals surface area (Å²) in [4.78, 5) is 27.2. The van der Waals surface area contributed by atoms with Crippen molar-refractivity contribution in [3.8, 4) is 5.69 Å². The highest BCUT2D eigenvalue weighted by Crippen LogP contribution is 2.15. The first kappa shape index (κ1) is 17.9. The molecule has 0 aliphatic rings. The second-order valence-electron chi connectivity index (χ2n) is 5.18. The minimum absolute atomic E-state index is 0.00730. The molecule has 0 radical (unpaired) electrons. The Kier molecular flexibility index (Phi) is 5.92. The molecule has 0 unspecified atom stereocenters. The van der Waals surface area contributed by atoms with Crippen molar-refractivity contribution in [3.05, 3.63) is 40.7 Å². The van der Waals surface area contributed by atoms with Crippen LogP contribution in [0.25, 0.3) is 5.69 Å². The van der Waals surface area contributed by atoms with Crippen LogP contribution in [-0.2, 0) is 4.79 Å². The van der Waals surface area contributed by atoms with Crippen LogP contribution in [0.2, 0.25) is 5.02 Å². The highest BCUT2D eigenvalue weighted by molar-refractivity contribution is 6.30. The Morgan fingerprint density at radius 1 is 1.29 bits per heavy atom. The van der Waals surface area contributed by atoms with E-state index in [0.29, 0.717) is 29.5 Å². The number of hydrogen-bond acceptors (Lipinski definition) is 4. The second-order valence-corrected chi connectivity index (χ2v) is 5.61. The van der Waals surface area contributed by atoms with E-state index in [1.807, 2.05) is 13.8 Å². The van der Waals surface area contributed by atoms with Gasteiger partial charge in [0.15, 0.2) is 5.69 Å². The summed E-state index contributed by atoms with van der Waals surface area (Å²) in [6.45, 7) is 6.27. The molecule has 2 amide bonds. The summed E-state index contributed by atoms with van der Waals surface area (Å²) >= 11 is 5.98. The summed E-state index contributed by atoms with van der Waals surface area (Å²) in [5, 5.41) is 11.8. The zero-order chi connectivity index (χ0) is 17.7. The molecule has 0 atom stereocenters. The summed E-state index contributed by atoms with van der Waals surface area (Å²) in [5.74, 6) is -0.526. The van der Waals surface area contributed by atoms with Crippen LogP contribution in [0.5, 0.6) is 0 Å². The Balaban J connectivity index is 2.24. The first-order chi connectivity index (χ1) is 11.5. The maximum absolute atomic E-state index is 12.7. The number of carbonyl (C=O) groups excluding carboxylic acids is 2. The predicted molar refractivity (Wildman–Crippen MR) is 91.4 cm³/mol. The van der Waals surface area contributed by atoms with Crippen LogP contribution in [0, 0.1) is 6.92 Å². The number of halogens is 1. The van der Waals surface area contributed by atoms with Crippen LogP contribution in [0.3, 0.4) is 0 Å². The van der Waals surface area contributed by atoms with Gasteiger partial charge in [0.1, 0.15) is 0 Å². The number of aromatic nitrogens is 3. The lowest BCUT2D eigenvalue weighted by Crippen LogP contribution is -2.40. The van der Waals surface area contributed by atoms with Gasteiger partial charge in [-0.1, -0.05) is 17.7 Å². The molecule has 1 N–H and O–H groups in total. The monoisotopic (exact) mass is 349 g/mol. The minimum Gasteiger partial charge on any atom is -0.355 e. The third-order valence-electron chi connectivity index (χ3n) is 3.40. The molecule has 2 rings (SSSR count). The molecule has 0 bridgehead atoms. The van der Waals surface area contributed by atoms with Crippen molar-refractivity contribution in [1.82, 2.24) is 25.2 Å². The fourth-order valence-electron chi connectivity index (χ4n) is 2.20. The lowest BCUT2D eigenvalue weighted by atomic mass is 10.3. The van der Waals surface area contributed by atoms with Crippen LogP contribution in [0.15, 0.2) is 24.3 Å². The van der Waals surface area contributed by atoms with Crippen molar-refractivity contribution >= 4 is 23.4 Å².